The Hall–Kier alpha value is -1.98. The van der Waals surface area contributed by atoms with E-state index in [-0.39, 0.29) is 11.2 Å². The number of pyridine rings is 1. The topological polar surface area (TPSA) is 48.1 Å². The molecule has 1 heterocycles. The lowest BCUT2D eigenvalue weighted by Crippen LogP contribution is -2.08. The maximum Gasteiger partial charge on any atom is 0.433 e. The van der Waals surface area contributed by atoms with Gasteiger partial charge in [0, 0.05) is 11.5 Å². The minimum Gasteiger partial charge on any atom is -0.497 e. The number of nitrogens with zero attached hydrogens (tertiary/aromatic N) is 1. The number of alkyl halides is 3. The first kappa shape index (κ1) is 11.5. The number of benzene rings is 1. The van der Waals surface area contributed by atoms with E-state index >= 15 is 0 Å². The molecule has 0 spiro atoms. The van der Waals surface area contributed by atoms with Gasteiger partial charge in [-0.25, -0.2) is 4.98 Å². The molecule has 0 aliphatic rings. The lowest BCUT2D eigenvalue weighted by molar-refractivity contribution is -0.140. The number of fused-ring (bicyclic) bond motifs is 1. The van der Waals surface area contributed by atoms with Crippen LogP contribution in [-0.2, 0) is 6.18 Å². The van der Waals surface area contributed by atoms with E-state index < -0.39 is 11.9 Å². The number of rotatable bonds is 1. The van der Waals surface area contributed by atoms with Gasteiger partial charge in [-0.2, -0.15) is 13.2 Å². The Morgan fingerprint density at radius 3 is 2.53 bits per heavy atom. The van der Waals surface area contributed by atoms with Crippen LogP contribution in [0.2, 0.25) is 0 Å². The van der Waals surface area contributed by atoms with E-state index in [9.17, 15) is 13.2 Å². The summed E-state index contributed by atoms with van der Waals surface area (Å²) in [5.74, 6) is 0.483. The van der Waals surface area contributed by atoms with E-state index in [1.807, 2.05) is 0 Å². The molecule has 0 aliphatic heterocycles. The smallest absolute Gasteiger partial charge is 0.433 e. The van der Waals surface area contributed by atoms with E-state index in [0.29, 0.717) is 11.1 Å². The first-order chi connectivity index (χ1) is 7.91. The molecule has 0 radical (unpaired) electrons. The number of methoxy groups -OCH3 is 1. The molecule has 0 saturated carbocycles. The SMILES string of the molecule is COc1cc(N)c2nc(C(F)(F)F)ccc2c1. The van der Waals surface area contributed by atoms with E-state index in [1.165, 1.54) is 19.2 Å². The number of ether oxygens (including phenoxy) is 1. The predicted octanol–water partition coefficient (Wildman–Crippen LogP) is 2.84. The summed E-state index contributed by atoms with van der Waals surface area (Å²) in [6.07, 6.45) is -4.47. The number of halogens is 3. The third-order valence-electron chi connectivity index (χ3n) is 2.32. The van der Waals surface area contributed by atoms with E-state index in [2.05, 4.69) is 4.98 Å². The largest absolute Gasteiger partial charge is 0.497 e. The van der Waals surface area contributed by atoms with Gasteiger partial charge in [0.25, 0.3) is 0 Å². The Bertz CT molecular complexity index is 566. The first-order valence-corrected chi connectivity index (χ1v) is 4.73. The van der Waals surface area contributed by atoms with Crippen molar-refractivity contribution in [2.24, 2.45) is 0 Å². The van der Waals surface area contributed by atoms with Crippen molar-refractivity contribution >= 4 is 16.6 Å². The Morgan fingerprint density at radius 2 is 1.94 bits per heavy atom. The fourth-order valence-corrected chi connectivity index (χ4v) is 1.51. The molecule has 1 aromatic carbocycles. The van der Waals surface area contributed by atoms with Crippen LogP contribution in [0, 0.1) is 0 Å². The van der Waals surface area contributed by atoms with Crippen molar-refractivity contribution in [3.8, 4) is 5.75 Å². The average Bonchev–Trinajstić information content (AvgIpc) is 2.27. The predicted molar refractivity (Wildman–Crippen MR) is 57.7 cm³/mol. The van der Waals surface area contributed by atoms with Crippen LogP contribution >= 0.6 is 0 Å². The zero-order valence-corrected chi connectivity index (χ0v) is 8.88. The summed E-state index contributed by atoms with van der Waals surface area (Å²) in [5, 5.41) is 0.509. The van der Waals surface area contributed by atoms with Crippen LogP contribution in [0.4, 0.5) is 18.9 Å². The summed E-state index contributed by atoms with van der Waals surface area (Å²) >= 11 is 0. The molecule has 2 N–H and O–H groups in total. The summed E-state index contributed by atoms with van der Waals surface area (Å²) in [7, 11) is 1.46. The van der Waals surface area contributed by atoms with Crippen LogP contribution < -0.4 is 10.5 Å². The molecule has 0 bridgehead atoms. The molecule has 1 aromatic heterocycles. The quantitative estimate of drug-likeness (QED) is 0.782. The first-order valence-electron chi connectivity index (χ1n) is 4.73. The van der Waals surface area contributed by atoms with Crippen LogP contribution in [0.25, 0.3) is 10.9 Å². The molecule has 0 aliphatic carbocycles. The molecule has 0 amide bonds. The van der Waals surface area contributed by atoms with Crippen molar-refractivity contribution in [1.29, 1.82) is 0 Å². The molecule has 0 fully saturated rings. The normalized spacial score (nSPS) is 11.8. The summed E-state index contributed by atoms with van der Waals surface area (Å²) in [4.78, 5) is 3.52. The van der Waals surface area contributed by atoms with E-state index in [4.69, 9.17) is 10.5 Å². The second kappa shape index (κ2) is 3.80. The van der Waals surface area contributed by atoms with Gasteiger partial charge in [-0.05, 0) is 12.1 Å². The Balaban J connectivity index is 2.67. The highest BCUT2D eigenvalue weighted by Gasteiger charge is 2.32. The number of nitrogen functional groups attached to an aromatic ring is 1. The highest BCUT2D eigenvalue weighted by Crippen LogP contribution is 2.32. The number of aromatic nitrogens is 1. The zero-order chi connectivity index (χ0) is 12.6. The zero-order valence-electron chi connectivity index (χ0n) is 8.88. The van der Waals surface area contributed by atoms with Crippen LogP contribution in [0.3, 0.4) is 0 Å². The molecular weight excluding hydrogens is 233 g/mol. The lowest BCUT2D eigenvalue weighted by atomic mass is 10.1. The van der Waals surface area contributed by atoms with Crippen molar-refractivity contribution in [2.45, 2.75) is 6.18 Å². The summed E-state index contributed by atoms with van der Waals surface area (Å²) in [6.45, 7) is 0. The fraction of sp³-hybridized carbons (Fsp3) is 0.182. The Morgan fingerprint density at radius 1 is 1.24 bits per heavy atom. The van der Waals surface area contributed by atoms with Gasteiger partial charge in [-0.1, -0.05) is 6.07 Å². The number of hydrogen-bond acceptors (Lipinski definition) is 3. The molecule has 0 saturated heterocycles. The van der Waals surface area contributed by atoms with Gasteiger partial charge in [-0.3, -0.25) is 0 Å². The van der Waals surface area contributed by atoms with Gasteiger partial charge in [0.2, 0.25) is 0 Å². The third kappa shape index (κ3) is 2.11. The lowest BCUT2D eigenvalue weighted by Gasteiger charge is -2.09. The standard InChI is InChI=1S/C11H9F3N2O/c1-17-7-4-6-2-3-9(11(12,13)14)16-10(6)8(15)5-7/h2-5H,15H2,1H3. The van der Waals surface area contributed by atoms with Crippen LogP contribution in [0.15, 0.2) is 24.3 Å². The minimum atomic E-state index is -4.47. The Labute approximate surface area is 95.0 Å². The maximum absolute atomic E-state index is 12.5. The van der Waals surface area contributed by atoms with Gasteiger partial charge < -0.3 is 10.5 Å². The second-order valence-electron chi connectivity index (χ2n) is 3.48. The van der Waals surface area contributed by atoms with Gasteiger partial charge in [-0.15, -0.1) is 0 Å². The number of nitrogens with two attached hydrogens (primary N) is 1. The van der Waals surface area contributed by atoms with Crippen LogP contribution in [-0.4, -0.2) is 12.1 Å². The molecule has 0 unspecified atom stereocenters. The van der Waals surface area contributed by atoms with Gasteiger partial charge in [0.05, 0.1) is 18.3 Å². The van der Waals surface area contributed by atoms with Crippen molar-refractivity contribution in [3.63, 3.8) is 0 Å². The van der Waals surface area contributed by atoms with Gasteiger partial charge in [0.15, 0.2) is 0 Å². The van der Waals surface area contributed by atoms with E-state index in [0.717, 1.165) is 6.07 Å². The van der Waals surface area contributed by atoms with Crippen molar-refractivity contribution in [2.75, 3.05) is 12.8 Å². The summed E-state index contributed by atoms with van der Waals surface area (Å²) in [5.41, 5.74) is 4.96. The fourth-order valence-electron chi connectivity index (χ4n) is 1.51. The molecule has 0 atom stereocenters. The summed E-state index contributed by atoms with van der Waals surface area (Å²) < 4.78 is 42.4. The van der Waals surface area contributed by atoms with E-state index in [1.54, 1.807) is 6.07 Å². The monoisotopic (exact) mass is 242 g/mol. The number of hydrogen-bond donors (Lipinski definition) is 1. The van der Waals surface area contributed by atoms with Gasteiger partial charge in [0.1, 0.15) is 11.4 Å². The number of anilines is 1. The Kier molecular flexibility index (Phi) is 2.57. The highest BCUT2D eigenvalue weighted by molar-refractivity contribution is 5.90. The average molecular weight is 242 g/mol. The summed E-state index contributed by atoms with van der Waals surface area (Å²) in [6, 6.07) is 5.26. The van der Waals surface area contributed by atoms with Crippen LogP contribution in [0.1, 0.15) is 5.69 Å². The second-order valence-corrected chi connectivity index (χ2v) is 3.48. The van der Waals surface area contributed by atoms with Crippen molar-refractivity contribution in [3.05, 3.63) is 30.0 Å². The molecule has 2 aromatic rings. The molecule has 6 heteroatoms. The minimum absolute atomic E-state index is 0.126. The molecule has 2 rings (SSSR count). The maximum atomic E-state index is 12.5. The highest BCUT2D eigenvalue weighted by atomic mass is 19.4. The molecule has 90 valence electrons. The molecule has 17 heavy (non-hydrogen) atoms. The van der Waals surface area contributed by atoms with Gasteiger partial charge >= 0.3 is 6.18 Å². The van der Waals surface area contributed by atoms with Crippen LogP contribution in [0.5, 0.6) is 5.75 Å². The molecule has 3 nitrogen and oxygen atoms in total. The van der Waals surface area contributed by atoms with Crippen molar-refractivity contribution < 1.29 is 17.9 Å². The molecular formula is C11H9F3N2O. The van der Waals surface area contributed by atoms with Crippen molar-refractivity contribution in [1.82, 2.24) is 4.98 Å². The third-order valence-corrected chi connectivity index (χ3v) is 2.32.